The highest BCUT2D eigenvalue weighted by Crippen LogP contribution is 2.21. The van der Waals surface area contributed by atoms with Crippen LogP contribution in [0.15, 0.2) is 53.1 Å². The van der Waals surface area contributed by atoms with Crippen molar-refractivity contribution in [2.24, 2.45) is 0 Å². The molecule has 0 saturated carbocycles. The first kappa shape index (κ1) is 16.9. The number of carbonyl (C=O) groups excluding carboxylic acids is 1. The summed E-state index contributed by atoms with van der Waals surface area (Å²) in [5.74, 6) is 0. The van der Waals surface area contributed by atoms with Gasteiger partial charge in [0.05, 0.1) is 11.4 Å². The molecular weight excluding hydrogens is 368 g/mol. The van der Waals surface area contributed by atoms with Crippen molar-refractivity contribution in [1.82, 2.24) is 14.8 Å². The number of para-hydroxylation sites is 1. The van der Waals surface area contributed by atoms with Crippen molar-refractivity contribution >= 4 is 27.6 Å². The molecule has 0 aliphatic carbocycles. The Morgan fingerprint density at radius 3 is 2.71 bits per heavy atom. The minimum atomic E-state index is -0.0402. The van der Waals surface area contributed by atoms with Crippen LogP contribution in [-0.4, -0.2) is 47.0 Å². The third-order valence-electron chi connectivity index (χ3n) is 4.10. The van der Waals surface area contributed by atoms with Crippen molar-refractivity contribution in [2.75, 3.05) is 31.5 Å². The molecule has 6 heteroatoms. The molecule has 1 aromatic carbocycles. The van der Waals surface area contributed by atoms with E-state index in [1.165, 1.54) is 0 Å². The second kappa shape index (κ2) is 8.26. The second-order valence-corrected chi connectivity index (χ2v) is 6.70. The highest BCUT2D eigenvalue weighted by atomic mass is 79.9. The lowest BCUT2D eigenvalue weighted by Crippen LogP contribution is -2.38. The molecule has 0 spiro atoms. The summed E-state index contributed by atoms with van der Waals surface area (Å²) in [6, 6.07) is 13.6. The van der Waals surface area contributed by atoms with Gasteiger partial charge in [0.1, 0.15) is 0 Å². The van der Waals surface area contributed by atoms with Crippen LogP contribution in [0.1, 0.15) is 12.1 Å². The Balaban J connectivity index is 1.55. The number of halogens is 1. The third kappa shape index (κ3) is 4.55. The molecule has 1 aromatic heterocycles. The number of nitrogens with one attached hydrogen (secondary N) is 1. The van der Waals surface area contributed by atoms with Crippen LogP contribution >= 0.6 is 15.9 Å². The molecule has 126 valence electrons. The second-order valence-electron chi connectivity index (χ2n) is 5.85. The summed E-state index contributed by atoms with van der Waals surface area (Å²) in [7, 11) is 0. The van der Waals surface area contributed by atoms with E-state index in [0.717, 1.165) is 55.0 Å². The molecule has 24 heavy (non-hydrogen) atoms. The van der Waals surface area contributed by atoms with Crippen molar-refractivity contribution in [2.45, 2.75) is 13.0 Å². The predicted molar refractivity (Wildman–Crippen MR) is 98.9 cm³/mol. The van der Waals surface area contributed by atoms with Gasteiger partial charge < -0.3 is 10.2 Å². The molecule has 1 saturated heterocycles. The van der Waals surface area contributed by atoms with Crippen LogP contribution < -0.4 is 5.32 Å². The normalized spacial score (nSPS) is 15.8. The summed E-state index contributed by atoms with van der Waals surface area (Å²) in [6.07, 6.45) is 2.79. The highest BCUT2D eigenvalue weighted by molar-refractivity contribution is 9.10. The van der Waals surface area contributed by atoms with Gasteiger partial charge in [0.25, 0.3) is 0 Å². The van der Waals surface area contributed by atoms with E-state index in [-0.39, 0.29) is 6.03 Å². The summed E-state index contributed by atoms with van der Waals surface area (Å²) in [5.41, 5.74) is 1.88. The minimum Gasteiger partial charge on any atom is -0.323 e. The zero-order valence-corrected chi connectivity index (χ0v) is 15.1. The van der Waals surface area contributed by atoms with Crippen molar-refractivity contribution in [1.29, 1.82) is 0 Å². The van der Waals surface area contributed by atoms with Crippen LogP contribution in [0, 0.1) is 0 Å². The number of aromatic nitrogens is 1. The number of nitrogens with zero attached hydrogens (tertiary/aromatic N) is 3. The number of carbonyl (C=O) groups is 1. The molecule has 0 atom stereocenters. The first-order chi connectivity index (χ1) is 11.7. The number of amides is 2. The summed E-state index contributed by atoms with van der Waals surface area (Å²) in [4.78, 5) is 21.1. The molecule has 0 bridgehead atoms. The fraction of sp³-hybridized carbons (Fsp3) is 0.333. The maximum Gasteiger partial charge on any atom is 0.321 e. The number of benzene rings is 1. The van der Waals surface area contributed by atoms with E-state index in [1.54, 1.807) is 0 Å². The van der Waals surface area contributed by atoms with Crippen molar-refractivity contribution in [3.8, 4) is 0 Å². The first-order valence-corrected chi connectivity index (χ1v) is 8.94. The minimum absolute atomic E-state index is 0.0402. The molecule has 2 amide bonds. The Kier molecular flexibility index (Phi) is 5.82. The lowest BCUT2D eigenvalue weighted by atomic mass is 10.3. The van der Waals surface area contributed by atoms with E-state index in [9.17, 15) is 4.79 Å². The molecule has 0 radical (unpaired) electrons. The monoisotopic (exact) mass is 388 g/mol. The van der Waals surface area contributed by atoms with Gasteiger partial charge in [-0.15, -0.1) is 0 Å². The quantitative estimate of drug-likeness (QED) is 0.873. The van der Waals surface area contributed by atoms with Crippen LogP contribution in [0.2, 0.25) is 0 Å². The van der Waals surface area contributed by atoms with E-state index in [1.807, 2.05) is 53.6 Å². The van der Waals surface area contributed by atoms with Crippen molar-refractivity contribution in [3.63, 3.8) is 0 Å². The summed E-state index contributed by atoms with van der Waals surface area (Å²) in [5, 5.41) is 2.98. The number of rotatable bonds is 3. The molecule has 5 nitrogen and oxygen atoms in total. The number of anilines is 1. The average Bonchev–Trinajstić information content (AvgIpc) is 2.83. The maximum absolute atomic E-state index is 12.5. The van der Waals surface area contributed by atoms with Crippen LogP contribution in [0.5, 0.6) is 0 Å². The van der Waals surface area contributed by atoms with Crippen molar-refractivity contribution in [3.05, 3.63) is 58.8 Å². The number of hydrogen-bond acceptors (Lipinski definition) is 3. The summed E-state index contributed by atoms with van der Waals surface area (Å²) >= 11 is 3.46. The molecule has 2 heterocycles. The Bertz CT molecular complexity index is 680. The van der Waals surface area contributed by atoms with Gasteiger partial charge >= 0.3 is 6.03 Å². The summed E-state index contributed by atoms with van der Waals surface area (Å²) < 4.78 is 0.893. The van der Waals surface area contributed by atoms with Gasteiger partial charge in [0.2, 0.25) is 0 Å². The fourth-order valence-corrected chi connectivity index (χ4v) is 3.19. The number of pyridine rings is 1. The Hall–Kier alpha value is -1.92. The van der Waals surface area contributed by atoms with E-state index >= 15 is 0 Å². The van der Waals surface area contributed by atoms with Crippen LogP contribution in [-0.2, 0) is 6.54 Å². The van der Waals surface area contributed by atoms with Gasteiger partial charge in [-0.3, -0.25) is 9.88 Å². The topological polar surface area (TPSA) is 48.5 Å². The van der Waals surface area contributed by atoms with Gasteiger partial charge in [-0.1, -0.05) is 18.2 Å². The SMILES string of the molecule is O=C(Nc1ccccc1Br)N1CCCN(Cc2ccccn2)CC1. The zero-order valence-electron chi connectivity index (χ0n) is 13.5. The van der Waals surface area contributed by atoms with E-state index < -0.39 is 0 Å². The van der Waals surface area contributed by atoms with E-state index in [2.05, 4.69) is 31.1 Å². The maximum atomic E-state index is 12.5. The van der Waals surface area contributed by atoms with E-state index in [0.29, 0.717) is 0 Å². The molecule has 1 aliphatic heterocycles. The van der Waals surface area contributed by atoms with Gasteiger partial charge in [-0.2, -0.15) is 0 Å². The van der Waals surface area contributed by atoms with Crippen LogP contribution in [0.25, 0.3) is 0 Å². The van der Waals surface area contributed by atoms with Crippen LogP contribution in [0.3, 0.4) is 0 Å². The number of hydrogen-bond donors (Lipinski definition) is 1. The smallest absolute Gasteiger partial charge is 0.321 e. The zero-order chi connectivity index (χ0) is 16.8. The van der Waals surface area contributed by atoms with Crippen molar-refractivity contribution < 1.29 is 4.79 Å². The van der Waals surface area contributed by atoms with Crippen LogP contribution in [0.4, 0.5) is 10.5 Å². The van der Waals surface area contributed by atoms with Gasteiger partial charge in [0, 0.05) is 43.4 Å². The molecule has 1 aliphatic rings. The Labute approximate surface area is 150 Å². The average molecular weight is 389 g/mol. The first-order valence-electron chi connectivity index (χ1n) is 8.15. The summed E-state index contributed by atoms with van der Waals surface area (Å²) in [6.45, 7) is 4.17. The largest absolute Gasteiger partial charge is 0.323 e. The molecular formula is C18H21BrN4O. The lowest BCUT2D eigenvalue weighted by molar-refractivity contribution is 0.211. The molecule has 3 rings (SSSR count). The highest BCUT2D eigenvalue weighted by Gasteiger charge is 2.19. The molecule has 0 unspecified atom stereocenters. The van der Waals surface area contributed by atoms with E-state index in [4.69, 9.17) is 0 Å². The fourth-order valence-electron chi connectivity index (χ4n) is 2.81. The molecule has 2 aromatic rings. The number of urea groups is 1. The van der Waals surface area contributed by atoms with Gasteiger partial charge in [-0.25, -0.2) is 4.79 Å². The molecule has 1 N–H and O–H groups in total. The standard InChI is InChI=1S/C18H21BrN4O/c19-16-7-1-2-8-17(16)21-18(24)23-11-5-10-22(12-13-23)14-15-6-3-4-9-20-15/h1-4,6-9H,5,10-14H2,(H,21,24). The Morgan fingerprint density at radius 2 is 1.92 bits per heavy atom. The predicted octanol–water partition coefficient (Wildman–Crippen LogP) is 3.58. The van der Waals surface area contributed by atoms with Gasteiger partial charge in [0.15, 0.2) is 0 Å². The Morgan fingerprint density at radius 1 is 1.08 bits per heavy atom. The lowest BCUT2D eigenvalue weighted by Gasteiger charge is -2.22. The third-order valence-corrected chi connectivity index (χ3v) is 4.79. The van der Waals surface area contributed by atoms with Gasteiger partial charge in [-0.05, 0) is 46.6 Å². The molecule has 1 fully saturated rings.